The SMILES string of the molecule is C1=NCCC2=CCNC=C12. The molecule has 52 valence electrons. The number of rotatable bonds is 0. The van der Waals surface area contributed by atoms with Crippen LogP contribution < -0.4 is 5.32 Å². The summed E-state index contributed by atoms with van der Waals surface area (Å²) in [6.45, 7) is 1.94. The van der Waals surface area contributed by atoms with Crippen molar-refractivity contribution in [3.63, 3.8) is 0 Å². The Labute approximate surface area is 60.3 Å². The van der Waals surface area contributed by atoms with Crippen LogP contribution in [0.5, 0.6) is 0 Å². The van der Waals surface area contributed by atoms with Crippen LogP contribution in [0.3, 0.4) is 0 Å². The van der Waals surface area contributed by atoms with E-state index in [-0.39, 0.29) is 0 Å². The molecular weight excluding hydrogens is 124 g/mol. The number of nitrogens with zero attached hydrogens (tertiary/aromatic N) is 1. The molecule has 0 amide bonds. The second-order valence-corrected chi connectivity index (χ2v) is 2.52. The molecule has 2 nitrogen and oxygen atoms in total. The number of nitrogens with one attached hydrogen (secondary N) is 1. The lowest BCUT2D eigenvalue weighted by Crippen LogP contribution is -2.15. The molecule has 0 aromatic rings. The normalized spacial score (nSPS) is 22.4. The molecule has 0 spiro atoms. The van der Waals surface area contributed by atoms with Crippen LogP contribution in [0.1, 0.15) is 6.42 Å². The first-order valence-corrected chi connectivity index (χ1v) is 3.59. The van der Waals surface area contributed by atoms with Gasteiger partial charge in [0.25, 0.3) is 0 Å². The van der Waals surface area contributed by atoms with Gasteiger partial charge < -0.3 is 5.32 Å². The van der Waals surface area contributed by atoms with Crippen molar-refractivity contribution in [2.24, 2.45) is 4.99 Å². The maximum atomic E-state index is 4.19. The predicted molar refractivity (Wildman–Crippen MR) is 42.1 cm³/mol. The molecule has 0 saturated carbocycles. The van der Waals surface area contributed by atoms with Crippen molar-refractivity contribution in [2.45, 2.75) is 6.42 Å². The molecule has 2 heteroatoms. The van der Waals surface area contributed by atoms with Gasteiger partial charge in [0.05, 0.1) is 0 Å². The molecule has 0 unspecified atom stereocenters. The molecule has 0 fully saturated rings. The molecule has 1 N–H and O–H groups in total. The van der Waals surface area contributed by atoms with Crippen molar-refractivity contribution < 1.29 is 0 Å². The highest BCUT2D eigenvalue weighted by molar-refractivity contribution is 5.85. The fourth-order valence-electron chi connectivity index (χ4n) is 1.28. The van der Waals surface area contributed by atoms with E-state index in [0.29, 0.717) is 0 Å². The van der Waals surface area contributed by atoms with Crippen LogP contribution in [-0.2, 0) is 0 Å². The van der Waals surface area contributed by atoms with Crippen molar-refractivity contribution in [1.82, 2.24) is 5.32 Å². The van der Waals surface area contributed by atoms with Gasteiger partial charge in [0.1, 0.15) is 0 Å². The van der Waals surface area contributed by atoms with Crippen LogP contribution in [0.15, 0.2) is 28.4 Å². The zero-order valence-corrected chi connectivity index (χ0v) is 5.80. The largest absolute Gasteiger partial charge is 0.387 e. The van der Waals surface area contributed by atoms with Crippen LogP contribution >= 0.6 is 0 Å². The Morgan fingerprint density at radius 1 is 1.50 bits per heavy atom. The van der Waals surface area contributed by atoms with Crippen LogP contribution in [0.2, 0.25) is 0 Å². The standard InChI is InChI=1S/C8H10N2/c1-3-9-5-8-6-10-4-2-7(1)8/h1,5-6,9H,2-4H2. The maximum absolute atomic E-state index is 4.19. The lowest BCUT2D eigenvalue weighted by atomic mass is 10.0. The van der Waals surface area contributed by atoms with Crippen molar-refractivity contribution in [3.8, 4) is 0 Å². The highest BCUT2D eigenvalue weighted by atomic mass is 14.8. The van der Waals surface area contributed by atoms with Gasteiger partial charge in [-0.15, -0.1) is 0 Å². The number of aliphatic imine (C=N–C) groups is 1. The number of hydrogen-bond acceptors (Lipinski definition) is 2. The smallest absolute Gasteiger partial charge is 0.0430 e. The highest BCUT2D eigenvalue weighted by Crippen LogP contribution is 2.17. The third kappa shape index (κ3) is 0.856. The van der Waals surface area contributed by atoms with Crippen LogP contribution in [0.25, 0.3) is 0 Å². The van der Waals surface area contributed by atoms with Gasteiger partial charge in [-0.3, -0.25) is 4.99 Å². The predicted octanol–water partition coefficient (Wildman–Crippen LogP) is 0.874. The third-order valence-corrected chi connectivity index (χ3v) is 1.84. The molecule has 0 aliphatic carbocycles. The first kappa shape index (κ1) is 5.71. The van der Waals surface area contributed by atoms with E-state index in [1.165, 1.54) is 11.1 Å². The summed E-state index contributed by atoms with van der Waals surface area (Å²) in [6, 6.07) is 0. The van der Waals surface area contributed by atoms with E-state index >= 15 is 0 Å². The first-order valence-electron chi connectivity index (χ1n) is 3.59. The van der Waals surface area contributed by atoms with E-state index < -0.39 is 0 Å². The summed E-state index contributed by atoms with van der Waals surface area (Å²) < 4.78 is 0. The summed E-state index contributed by atoms with van der Waals surface area (Å²) in [5.74, 6) is 0. The number of hydrogen-bond donors (Lipinski definition) is 1. The molecule has 0 aromatic carbocycles. The zero-order chi connectivity index (χ0) is 6.81. The molecule has 0 radical (unpaired) electrons. The second-order valence-electron chi connectivity index (χ2n) is 2.52. The molecular formula is C8H10N2. The molecule has 0 atom stereocenters. The summed E-state index contributed by atoms with van der Waals surface area (Å²) in [4.78, 5) is 4.19. The third-order valence-electron chi connectivity index (χ3n) is 1.84. The number of allylic oxidation sites excluding steroid dienone is 1. The first-order chi connectivity index (χ1) is 4.97. The minimum atomic E-state index is 0.961. The van der Waals surface area contributed by atoms with Gasteiger partial charge in [-0.05, 0) is 12.0 Å². The molecule has 0 aromatic heterocycles. The van der Waals surface area contributed by atoms with Crippen molar-refractivity contribution in [2.75, 3.05) is 13.1 Å². The lowest BCUT2D eigenvalue weighted by molar-refractivity contribution is 0.882. The van der Waals surface area contributed by atoms with Gasteiger partial charge >= 0.3 is 0 Å². The molecule has 2 rings (SSSR count). The van der Waals surface area contributed by atoms with Crippen LogP contribution in [0.4, 0.5) is 0 Å². The fraction of sp³-hybridized carbons (Fsp3) is 0.375. The molecule has 2 aliphatic heterocycles. The molecule has 0 bridgehead atoms. The van der Waals surface area contributed by atoms with Crippen molar-refractivity contribution in [3.05, 3.63) is 23.4 Å². The summed E-state index contributed by atoms with van der Waals surface area (Å²) in [5, 5.41) is 3.15. The molecule has 2 heterocycles. The summed E-state index contributed by atoms with van der Waals surface area (Å²) in [5.41, 5.74) is 2.71. The van der Waals surface area contributed by atoms with E-state index in [1.807, 2.05) is 12.4 Å². The molecule has 10 heavy (non-hydrogen) atoms. The maximum Gasteiger partial charge on any atom is 0.0430 e. The van der Waals surface area contributed by atoms with E-state index in [0.717, 1.165) is 19.5 Å². The van der Waals surface area contributed by atoms with Gasteiger partial charge in [0.15, 0.2) is 0 Å². The van der Waals surface area contributed by atoms with E-state index in [1.54, 1.807) is 0 Å². The number of fused-ring (bicyclic) bond motifs is 1. The quantitative estimate of drug-likeness (QED) is 0.522. The van der Waals surface area contributed by atoms with Gasteiger partial charge in [-0.2, -0.15) is 0 Å². The number of dihydropyridines is 1. The van der Waals surface area contributed by atoms with Gasteiger partial charge in [-0.25, -0.2) is 0 Å². The monoisotopic (exact) mass is 134 g/mol. The molecule has 0 saturated heterocycles. The molecule has 2 aliphatic rings. The second kappa shape index (κ2) is 2.29. The van der Waals surface area contributed by atoms with Crippen molar-refractivity contribution >= 4 is 6.21 Å². The fourth-order valence-corrected chi connectivity index (χ4v) is 1.28. The zero-order valence-electron chi connectivity index (χ0n) is 5.80. The summed E-state index contributed by atoms with van der Waals surface area (Å²) >= 11 is 0. The summed E-state index contributed by atoms with van der Waals surface area (Å²) in [7, 11) is 0. The summed E-state index contributed by atoms with van der Waals surface area (Å²) in [6.07, 6.45) is 7.34. The Balaban J connectivity index is 2.33. The topological polar surface area (TPSA) is 24.4 Å². The Hall–Kier alpha value is -1.05. The van der Waals surface area contributed by atoms with Crippen LogP contribution in [0, 0.1) is 0 Å². The van der Waals surface area contributed by atoms with Gasteiger partial charge in [0.2, 0.25) is 0 Å². The lowest BCUT2D eigenvalue weighted by Gasteiger charge is -2.16. The van der Waals surface area contributed by atoms with E-state index in [2.05, 4.69) is 16.4 Å². The highest BCUT2D eigenvalue weighted by Gasteiger charge is 2.08. The van der Waals surface area contributed by atoms with E-state index in [9.17, 15) is 0 Å². The average molecular weight is 134 g/mol. The Morgan fingerprint density at radius 2 is 2.50 bits per heavy atom. The Bertz CT molecular complexity index is 223. The Morgan fingerprint density at radius 3 is 3.40 bits per heavy atom. The van der Waals surface area contributed by atoms with Gasteiger partial charge in [0, 0.05) is 31.1 Å². The average Bonchev–Trinajstić information content (AvgIpc) is 2.05. The minimum Gasteiger partial charge on any atom is -0.387 e. The Kier molecular flexibility index (Phi) is 1.31. The minimum absolute atomic E-state index is 0.961. The van der Waals surface area contributed by atoms with Gasteiger partial charge in [-0.1, -0.05) is 6.08 Å². The van der Waals surface area contributed by atoms with E-state index in [4.69, 9.17) is 0 Å². The van der Waals surface area contributed by atoms with Crippen LogP contribution in [-0.4, -0.2) is 19.3 Å². The van der Waals surface area contributed by atoms with Crippen molar-refractivity contribution in [1.29, 1.82) is 0 Å².